The van der Waals surface area contributed by atoms with Gasteiger partial charge in [-0.2, -0.15) is 0 Å². The van der Waals surface area contributed by atoms with E-state index in [1.807, 2.05) is 23.2 Å². The summed E-state index contributed by atoms with van der Waals surface area (Å²) in [5, 5.41) is 11.5. The van der Waals surface area contributed by atoms with Crippen LogP contribution in [0.15, 0.2) is 24.7 Å². The van der Waals surface area contributed by atoms with Gasteiger partial charge in [0.25, 0.3) is 5.91 Å². The number of likely N-dealkylation sites (tertiary alicyclic amines) is 1. The standard InChI is InChI=1S/C15H19N5O/c21-15(12-4-2-7-20-10-17-18-14(12)20)19-8-5-13-11(9-19)3-1-6-16-13/h2,4,7,10-11,13,16H,1,3,5-6,8-9H2/t11-,13+/m1/s1. The molecule has 2 aromatic heterocycles. The molecule has 1 amide bonds. The summed E-state index contributed by atoms with van der Waals surface area (Å²) in [6, 6.07) is 4.31. The van der Waals surface area contributed by atoms with Crippen LogP contribution in [-0.4, -0.2) is 51.1 Å². The number of aromatic nitrogens is 3. The molecule has 0 aromatic carbocycles. The van der Waals surface area contributed by atoms with Crippen LogP contribution in [0.25, 0.3) is 5.65 Å². The van der Waals surface area contributed by atoms with Crippen LogP contribution in [-0.2, 0) is 0 Å². The van der Waals surface area contributed by atoms with Gasteiger partial charge in [-0.3, -0.25) is 9.20 Å². The van der Waals surface area contributed by atoms with Crippen molar-refractivity contribution in [3.63, 3.8) is 0 Å². The third kappa shape index (κ3) is 2.19. The molecule has 4 rings (SSSR count). The van der Waals surface area contributed by atoms with Gasteiger partial charge in [0.15, 0.2) is 5.65 Å². The van der Waals surface area contributed by atoms with Crippen molar-refractivity contribution in [2.75, 3.05) is 19.6 Å². The Kier molecular flexibility index (Phi) is 3.11. The van der Waals surface area contributed by atoms with Gasteiger partial charge in [0.05, 0.1) is 5.56 Å². The maximum Gasteiger partial charge on any atom is 0.257 e. The predicted octanol–water partition coefficient (Wildman–Crippen LogP) is 0.943. The fraction of sp³-hybridized carbons (Fsp3) is 0.533. The number of nitrogens with one attached hydrogen (secondary N) is 1. The van der Waals surface area contributed by atoms with Crippen LogP contribution in [0.1, 0.15) is 29.6 Å². The summed E-state index contributed by atoms with van der Waals surface area (Å²) in [6.07, 6.45) is 6.97. The highest BCUT2D eigenvalue weighted by Crippen LogP contribution is 2.26. The molecule has 2 aromatic rings. The number of carbonyl (C=O) groups excluding carboxylic acids is 1. The highest BCUT2D eigenvalue weighted by atomic mass is 16.2. The van der Waals surface area contributed by atoms with Crippen LogP contribution in [0.5, 0.6) is 0 Å². The fourth-order valence-corrected chi connectivity index (χ4v) is 3.62. The second-order valence-corrected chi connectivity index (χ2v) is 5.99. The normalized spacial score (nSPS) is 25.8. The van der Waals surface area contributed by atoms with E-state index in [4.69, 9.17) is 0 Å². The topological polar surface area (TPSA) is 62.5 Å². The molecule has 110 valence electrons. The number of hydrogen-bond donors (Lipinski definition) is 1. The van der Waals surface area contributed by atoms with Gasteiger partial charge in [0.1, 0.15) is 6.33 Å². The van der Waals surface area contributed by atoms with Crippen molar-refractivity contribution in [3.05, 3.63) is 30.2 Å². The molecule has 0 saturated carbocycles. The van der Waals surface area contributed by atoms with Crippen molar-refractivity contribution in [2.24, 2.45) is 5.92 Å². The van der Waals surface area contributed by atoms with E-state index in [1.54, 1.807) is 10.7 Å². The van der Waals surface area contributed by atoms with Gasteiger partial charge in [-0.1, -0.05) is 0 Å². The minimum atomic E-state index is 0.0811. The Morgan fingerprint density at radius 3 is 3.29 bits per heavy atom. The summed E-state index contributed by atoms with van der Waals surface area (Å²) in [6.45, 7) is 2.79. The maximum absolute atomic E-state index is 12.8. The van der Waals surface area contributed by atoms with Crippen LogP contribution in [0.4, 0.5) is 0 Å². The Morgan fingerprint density at radius 2 is 2.33 bits per heavy atom. The van der Waals surface area contributed by atoms with E-state index in [-0.39, 0.29) is 5.91 Å². The number of piperidine rings is 2. The lowest BCUT2D eigenvalue weighted by molar-refractivity contribution is 0.0594. The molecule has 6 heteroatoms. The smallest absolute Gasteiger partial charge is 0.257 e. The van der Waals surface area contributed by atoms with Crippen LogP contribution >= 0.6 is 0 Å². The number of nitrogens with zero attached hydrogens (tertiary/aromatic N) is 4. The summed E-state index contributed by atoms with van der Waals surface area (Å²) in [7, 11) is 0. The van der Waals surface area contributed by atoms with E-state index in [0.29, 0.717) is 23.2 Å². The molecule has 2 aliphatic rings. The molecular formula is C15H19N5O. The zero-order valence-electron chi connectivity index (χ0n) is 11.9. The van der Waals surface area contributed by atoms with Crippen molar-refractivity contribution >= 4 is 11.6 Å². The zero-order chi connectivity index (χ0) is 14.2. The van der Waals surface area contributed by atoms with Gasteiger partial charge < -0.3 is 10.2 Å². The zero-order valence-corrected chi connectivity index (χ0v) is 11.9. The molecule has 2 atom stereocenters. The van der Waals surface area contributed by atoms with E-state index in [2.05, 4.69) is 15.5 Å². The van der Waals surface area contributed by atoms with Gasteiger partial charge in [0.2, 0.25) is 0 Å². The average molecular weight is 285 g/mol. The third-order valence-corrected chi connectivity index (χ3v) is 4.73. The molecule has 0 aliphatic carbocycles. The van der Waals surface area contributed by atoms with Crippen molar-refractivity contribution in [1.82, 2.24) is 24.8 Å². The summed E-state index contributed by atoms with van der Waals surface area (Å²) in [5.74, 6) is 0.673. The molecule has 2 aliphatic heterocycles. The van der Waals surface area contributed by atoms with Gasteiger partial charge in [-0.25, -0.2) is 0 Å². The summed E-state index contributed by atoms with van der Waals surface area (Å²) >= 11 is 0. The number of pyridine rings is 1. The predicted molar refractivity (Wildman–Crippen MR) is 78.0 cm³/mol. The summed E-state index contributed by atoms with van der Waals surface area (Å²) in [5.41, 5.74) is 1.30. The molecule has 0 unspecified atom stereocenters. The Labute approximate surface area is 123 Å². The number of hydrogen-bond acceptors (Lipinski definition) is 4. The molecule has 21 heavy (non-hydrogen) atoms. The van der Waals surface area contributed by atoms with Gasteiger partial charge in [-0.05, 0) is 43.9 Å². The van der Waals surface area contributed by atoms with Crippen molar-refractivity contribution in [1.29, 1.82) is 0 Å². The van der Waals surface area contributed by atoms with Gasteiger partial charge in [-0.15, -0.1) is 10.2 Å². The second kappa shape index (κ2) is 5.11. The van der Waals surface area contributed by atoms with Gasteiger partial charge in [0, 0.05) is 25.3 Å². The first-order valence-corrected chi connectivity index (χ1v) is 7.64. The van der Waals surface area contributed by atoms with Crippen LogP contribution in [0.2, 0.25) is 0 Å². The first kappa shape index (κ1) is 12.8. The Hall–Kier alpha value is -1.95. The molecule has 0 radical (unpaired) electrons. The lowest BCUT2D eigenvalue weighted by Gasteiger charge is -2.41. The first-order valence-electron chi connectivity index (χ1n) is 7.64. The van der Waals surface area contributed by atoms with Crippen LogP contribution in [0.3, 0.4) is 0 Å². The monoisotopic (exact) mass is 285 g/mol. The number of rotatable bonds is 1. The first-order chi connectivity index (χ1) is 10.3. The quantitative estimate of drug-likeness (QED) is 0.847. The van der Waals surface area contributed by atoms with E-state index >= 15 is 0 Å². The molecule has 1 N–H and O–H groups in total. The minimum Gasteiger partial charge on any atom is -0.338 e. The fourth-order valence-electron chi connectivity index (χ4n) is 3.62. The highest BCUT2D eigenvalue weighted by molar-refractivity contribution is 5.99. The van der Waals surface area contributed by atoms with Crippen LogP contribution < -0.4 is 5.32 Å². The van der Waals surface area contributed by atoms with E-state index in [9.17, 15) is 4.79 Å². The third-order valence-electron chi connectivity index (χ3n) is 4.73. The lowest BCUT2D eigenvalue weighted by atomic mass is 9.85. The second-order valence-electron chi connectivity index (χ2n) is 5.99. The van der Waals surface area contributed by atoms with Crippen molar-refractivity contribution in [3.8, 4) is 0 Å². The summed E-state index contributed by atoms with van der Waals surface area (Å²) < 4.78 is 1.79. The van der Waals surface area contributed by atoms with Crippen molar-refractivity contribution < 1.29 is 4.79 Å². The average Bonchev–Trinajstić information content (AvgIpc) is 3.02. The molecule has 0 spiro atoms. The molecule has 6 nitrogen and oxygen atoms in total. The molecule has 0 bridgehead atoms. The largest absolute Gasteiger partial charge is 0.338 e. The van der Waals surface area contributed by atoms with E-state index in [1.165, 1.54) is 12.8 Å². The Morgan fingerprint density at radius 1 is 1.38 bits per heavy atom. The molecular weight excluding hydrogens is 266 g/mol. The maximum atomic E-state index is 12.8. The SMILES string of the molecule is O=C(c1cccn2cnnc12)N1CC[C@@H]2NCCC[C@@H]2C1. The molecule has 2 saturated heterocycles. The molecule has 2 fully saturated rings. The molecule has 4 heterocycles. The van der Waals surface area contributed by atoms with Crippen molar-refractivity contribution in [2.45, 2.75) is 25.3 Å². The number of fused-ring (bicyclic) bond motifs is 2. The summed E-state index contributed by atoms with van der Waals surface area (Å²) in [4.78, 5) is 14.8. The van der Waals surface area contributed by atoms with Crippen LogP contribution in [0, 0.1) is 5.92 Å². The van der Waals surface area contributed by atoms with E-state index < -0.39 is 0 Å². The number of carbonyl (C=O) groups is 1. The minimum absolute atomic E-state index is 0.0811. The van der Waals surface area contributed by atoms with Gasteiger partial charge >= 0.3 is 0 Å². The Bertz CT molecular complexity index is 667. The number of amides is 1. The highest BCUT2D eigenvalue weighted by Gasteiger charge is 2.33. The van der Waals surface area contributed by atoms with E-state index in [0.717, 1.165) is 26.1 Å². The Balaban J connectivity index is 1.59. The lowest BCUT2D eigenvalue weighted by Crippen LogP contribution is -2.53.